The lowest BCUT2D eigenvalue weighted by Gasteiger charge is -2.16. The Kier molecular flexibility index (Phi) is 4.02. The Labute approximate surface area is 111 Å². The van der Waals surface area contributed by atoms with Crippen molar-refractivity contribution in [2.45, 2.75) is 19.4 Å². The fourth-order valence-corrected chi connectivity index (χ4v) is 2.13. The number of rotatable bonds is 5. The number of carboxylic acids is 1. The fourth-order valence-electron chi connectivity index (χ4n) is 2.13. The van der Waals surface area contributed by atoms with Gasteiger partial charge in [0, 0.05) is 23.5 Å². The second-order valence-corrected chi connectivity index (χ2v) is 4.54. The third-order valence-corrected chi connectivity index (χ3v) is 3.19. The van der Waals surface area contributed by atoms with Crippen LogP contribution in [0.25, 0.3) is 10.8 Å². The molecule has 0 amide bonds. The van der Waals surface area contributed by atoms with Gasteiger partial charge in [-0.15, -0.1) is 0 Å². The molecule has 100 valence electrons. The summed E-state index contributed by atoms with van der Waals surface area (Å²) in [6, 6.07) is 11.4. The van der Waals surface area contributed by atoms with E-state index in [4.69, 9.17) is 5.11 Å². The first-order valence-corrected chi connectivity index (χ1v) is 6.25. The average Bonchev–Trinajstić information content (AvgIpc) is 2.39. The molecule has 0 heterocycles. The summed E-state index contributed by atoms with van der Waals surface area (Å²) in [4.78, 5) is 10.5. The fraction of sp³-hybridized carbons (Fsp3) is 0.267. The third kappa shape index (κ3) is 3.03. The summed E-state index contributed by atoms with van der Waals surface area (Å²) in [5.74, 6) is -0.573. The molecule has 19 heavy (non-hydrogen) atoms. The van der Waals surface area contributed by atoms with Crippen molar-refractivity contribution in [3.05, 3.63) is 42.0 Å². The molecule has 2 aromatic rings. The Bertz CT molecular complexity index is 595. The Hall–Kier alpha value is -2.07. The van der Waals surface area contributed by atoms with Crippen LogP contribution in [0.4, 0.5) is 0 Å². The van der Waals surface area contributed by atoms with Crippen molar-refractivity contribution < 1.29 is 15.0 Å². The Morgan fingerprint density at radius 2 is 2.00 bits per heavy atom. The highest BCUT2D eigenvalue weighted by Gasteiger charge is 2.12. The molecule has 1 unspecified atom stereocenters. The largest absolute Gasteiger partial charge is 0.507 e. The zero-order valence-electron chi connectivity index (χ0n) is 10.8. The molecule has 3 N–H and O–H groups in total. The molecule has 1 atom stereocenters. The third-order valence-electron chi connectivity index (χ3n) is 3.19. The second kappa shape index (κ2) is 5.71. The summed E-state index contributed by atoms with van der Waals surface area (Å²) in [7, 11) is 0. The summed E-state index contributed by atoms with van der Waals surface area (Å²) in [5.41, 5.74) is 0.782. The van der Waals surface area contributed by atoms with Gasteiger partial charge in [-0.1, -0.05) is 36.4 Å². The van der Waals surface area contributed by atoms with E-state index in [0.29, 0.717) is 6.54 Å². The molecular weight excluding hydrogens is 242 g/mol. The highest BCUT2D eigenvalue weighted by molar-refractivity contribution is 5.89. The van der Waals surface area contributed by atoms with Crippen LogP contribution in [0.1, 0.15) is 24.9 Å². The zero-order chi connectivity index (χ0) is 13.8. The lowest BCUT2D eigenvalue weighted by Crippen LogP contribution is -2.21. The monoisotopic (exact) mass is 259 g/mol. The van der Waals surface area contributed by atoms with Crippen molar-refractivity contribution in [3.8, 4) is 5.75 Å². The predicted octanol–water partition coefficient (Wildman–Crippen LogP) is 2.67. The van der Waals surface area contributed by atoms with Gasteiger partial charge in [-0.05, 0) is 12.3 Å². The topological polar surface area (TPSA) is 69.6 Å². The summed E-state index contributed by atoms with van der Waals surface area (Å²) >= 11 is 0. The van der Waals surface area contributed by atoms with Gasteiger partial charge in [0.1, 0.15) is 5.75 Å². The smallest absolute Gasteiger partial charge is 0.304 e. The Morgan fingerprint density at radius 1 is 1.26 bits per heavy atom. The van der Waals surface area contributed by atoms with E-state index >= 15 is 0 Å². The highest BCUT2D eigenvalue weighted by atomic mass is 16.4. The molecule has 0 aliphatic rings. The molecule has 0 aliphatic carbocycles. The summed E-state index contributed by atoms with van der Waals surface area (Å²) in [5, 5.41) is 23.8. The van der Waals surface area contributed by atoms with E-state index in [0.717, 1.165) is 16.3 Å². The van der Waals surface area contributed by atoms with Gasteiger partial charge in [0.05, 0.1) is 6.42 Å². The molecule has 0 aromatic heterocycles. The SMILES string of the molecule is CC(NCCC(=O)O)c1ccc2ccccc2c1O. The van der Waals surface area contributed by atoms with Crippen molar-refractivity contribution in [1.29, 1.82) is 0 Å². The molecule has 0 saturated heterocycles. The maximum absolute atomic E-state index is 10.5. The minimum Gasteiger partial charge on any atom is -0.507 e. The van der Waals surface area contributed by atoms with Crippen LogP contribution in [0.15, 0.2) is 36.4 Å². The lowest BCUT2D eigenvalue weighted by molar-refractivity contribution is -0.136. The molecule has 4 heteroatoms. The number of aliphatic carboxylic acids is 1. The minimum absolute atomic E-state index is 0.0681. The van der Waals surface area contributed by atoms with Crippen LogP contribution >= 0.6 is 0 Å². The van der Waals surface area contributed by atoms with Gasteiger partial charge < -0.3 is 15.5 Å². The first-order valence-electron chi connectivity index (χ1n) is 6.25. The predicted molar refractivity (Wildman–Crippen MR) is 74.3 cm³/mol. The van der Waals surface area contributed by atoms with Crippen molar-refractivity contribution >= 4 is 16.7 Å². The Morgan fingerprint density at radius 3 is 2.74 bits per heavy atom. The van der Waals surface area contributed by atoms with Crippen molar-refractivity contribution in [2.24, 2.45) is 0 Å². The molecule has 2 rings (SSSR count). The molecule has 4 nitrogen and oxygen atoms in total. The van der Waals surface area contributed by atoms with Crippen LogP contribution in [0.2, 0.25) is 0 Å². The number of hydrogen-bond donors (Lipinski definition) is 3. The van der Waals surface area contributed by atoms with E-state index in [1.807, 2.05) is 43.3 Å². The zero-order valence-corrected chi connectivity index (χ0v) is 10.8. The number of carbonyl (C=O) groups is 1. The van der Waals surface area contributed by atoms with Gasteiger partial charge in [0.15, 0.2) is 0 Å². The first-order chi connectivity index (χ1) is 9.09. The molecule has 0 radical (unpaired) electrons. The number of fused-ring (bicyclic) bond motifs is 1. The van der Waals surface area contributed by atoms with Gasteiger partial charge >= 0.3 is 5.97 Å². The molecule has 0 aliphatic heterocycles. The molecular formula is C15H17NO3. The van der Waals surface area contributed by atoms with Gasteiger partial charge in [-0.3, -0.25) is 4.79 Å². The van der Waals surface area contributed by atoms with Crippen molar-refractivity contribution in [2.75, 3.05) is 6.54 Å². The molecule has 0 bridgehead atoms. The van der Waals surface area contributed by atoms with Crippen LogP contribution in [0.5, 0.6) is 5.75 Å². The first kappa shape index (κ1) is 13.4. The minimum atomic E-state index is -0.831. The van der Waals surface area contributed by atoms with E-state index in [-0.39, 0.29) is 18.2 Å². The van der Waals surface area contributed by atoms with Gasteiger partial charge in [0.25, 0.3) is 0 Å². The van der Waals surface area contributed by atoms with E-state index in [2.05, 4.69) is 5.32 Å². The molecule has 0 spiro atoms. The number of phenolic OH excluding ortho intramolecular Hbond substituents is 1. The summed E-state index contributed by atoms with van der Waals surface area (Å²) < 4.78 is 0. The molecule has 0 saturated carbocycles. The average molecular weight is 259 g/mol. The second-order valence-electron chi connectivity index (χ2n) is 4.54. The normalized spacial score (nSPS) is 12.5. The van der Waals surface area contributed by atoms with Gasteiger partial charge in [0.2, 0.25) is 0 Å². The highest BCUT2D eigenvalue weighted by Crippen LogP contribution is 2.32. The number of phenols is 1. The lowest BCUT2D eigenvalue weighted by atomic mass is 10.0. The van der Waals surface area contributed by atoms with Crippen LogP contribution in [0.3, 0.4) is 0 Å². The number of aromatic hydroxyl groups is 1. The summed E-state index contributed by atoms with van der Waals surface area (Å²) in [6.07, 6.45) is 0.0681. The van der Waals surface area contributed by atoms with Crippen LogP contribution in [0, 0.1) is 0 Å². The maximum atomic E-state index is 10.5. The van der Waals surface area contributed by atoms with Gasteiger partial charge in [-0.2, -0.15) is 0 Å². The number of benzene rings is 2. The van der Waals surface area contributed by atoms with Crippen molar-refractivity contribution in [3.63, 3.8) is 0 Å². The van der Waals surface area contributed by atoms with Crippen LogP contribution < -0.4 is 5.32 Å². The number of hydrogen-bond acceptors (Lipinski definition) is 3. The van der Waals surface area contributed by atoms with Crippen LogP contribution in [-0.4, -0.2) is 22.7 Å². The standard InChI is InChI=1S/C15H17NO3/c1-10(16-9-8-14(17)18)12-7-6-11-4-2-3-5-13(11)15(12)19/h2-7,10,16,19H,8-9H2,1H3,(H,17,18). The number of nitrogens with one attached hydrogen (secondary N) is 1. The van der Waals surface area contributed by atoms with Gasteiger partial charge in [-0.25, -0.2) is 0 Å². The van der Waals surface area contributed by atoms with E-state index in [1.165, 1.54) is 0 Å². The molecule has 2 aromatic carbocycles. The van der Waals surface area contributed by atoms with E-state index < -0.39 is 5.97 Å². The quantitative estimate of drug-likeness (QED) is 0.772. The molecule has 0 fully saturated rings. The van der Waals surface area contributed by atoms with Crippen molar-refractivity contribution in [1.82, 2.24) is 5.32 Å². The number of carboxylic acid groups (broad SMARTS) is 1. The van der Waals surface area contributed by atoms with E-state index in [1.54, 1.807) is 0 Å². The van der Waals surface area contributed by atoms with Crippen LogP contribution in [-0.2, 0) is 4.79 Å². The summed E-state index contributed by atoms with van der Waals surface area (Å²) in [6.45, 7) is 2.29. The Balaban J connectivity index is 2.20. The maximum Gasteiger partial charge on any atom is 0.304 e. The van der Waals surface area contributed by atoms with E-state index in [9.17, 15) is 9.90 Å².